The summed E-state index contributed by atoms with van der Waals surface area (Å²) in [5.74, 6) is -0.117. The maximum Gasteiger partial charge on any atom is 0.388 e. The van der Waals surface area contributed by atoms with Crippen molar-refractivity contribution in [3.8, 4) is 11.8 Å². The van der Waals surface area contributed by atoms with Crippen molar-refractivity contribution in [2.45, 2.75) is 64.2 Å². The van der Waals surface area contributed by atoms with Crippen LogP contribution in [-0.4, -0.2) is 44.0 Å². The molecule has 2 amide bonds. The number of benzene rings is 1. The van der Waals surface area contributed by atoms with Crippen LogP contribution in [0.4, 0.5) is 25.0 Å². The van der Waals surface area contributed by atoms with Crippen molar-refractivity contribution in [1.82, 2.24) is 4.98 Å². The van der Waals surface area contributed by atoms with Gasteiger partial charge in [0.15, 0.2) is 0 Å². The van der Waals surface area contributed by atoms with Gasteiger partial charge in [0.05, 0.1) is 13.2 Å². The van der Waals surface area contributed by atoms with E-state index in [0.717, 1.165) is 36.9 Å². The van der Waals surface area contributed by atoms with Crippen LogP contribution < -0.4 is 19.7 Å². The standard InChI is InChI=1S/C24H31F2N3O4/c1-15(2)18-7-5-6-8-20(18)29(16-9-11-17(31-3)12-10-16)24(30)27-19-13-14-21(32-4)28-22(19)33-23(25)26/h5-8,13-17,23H,9-12H2,1-4H3,(H,27,30)/t16-,17+. The number of rotatable bonds is 8. The number of halogens is 2. The van der Waals surface area contributed by atoms with Crippen molar-refractivity contribution in [2.24, 2.45) is 0 Å². The number of nitrogens with one attached hydrogen (secondary N) is 1. The van der Waals surface area contributed by atoms with Gasteiger partial charge >= 0.3 is 12.6 Å². The Bertz CT molecular complexity index is 934. The number of amides is 2. The van der Waals surface area contributed by atoms with Crippen LogP contribution in [0.3, 0.4) is 0 Å². The lowest BCUT2D eigenvalue weighted by atomic mass is 9.90. The summed E-state index contributed by atoms with van der Waals surface area (Å²) in [6, 6.07) is 10.2. The highest BCUT2D eigenvalue weighted by molar-refractivity contribution is 6.03. The van der Waals surface area contributed by atoms with Crippen LogP contribution in [0.15, 0.2) is 36.4 Å². The van der Waals surface area contributed by atoms with Gasteiger partial charge in [-0.15, -0.1) is 0 Å². The molecule has 0 bridgehead atoms. The number of nitrogens with zero attached hydrogens (tertiary/aromatic N) is 2. The Morgan fingerprint density at radius 3 is 2.39 bits per heavy atom. The topological polar surface area (TPSA) is 72.9 Å². The van der Waals surface area contributed by atoms with Gasteiger partial charge in [0, 0.05) is 24.9 Å². The van der Waals surface area contributed by atoms with Crippen molar-refractivity contribution >= 4 is 17.4 Å². The zero-order chi connectivity index (χ0) is 24.0. The fourth-order valence-corrected chi connectivity index (χ4v) is 4.19. The van der Waals surface area contributed by atoms with E-state index in [1.165, 1.54) is 19.2 Å². The molecule has 1 fully saturated rings. The van der Waals surface area contributed by atoms with Gasteiger partial charge in [0.1, 0.15) is 5.69 Å². The SMILES string of the molecule is COc1ccc(NC(=O)N(c2ccccc2C(C)C)[C@H]2CC[C@@H](OC)CC2)c(OC(F)F)n1. The first kappa shape index (κ1) is 24.7. The molecule has 0 radical (unpaired) electrons. The Morgan fingerprint density at radius 1 is 1.09 bits per heavy atom. The third-order valence-corrected chi connectivity index (χ3v) is 5.87. The first-order chi connectivity index (χ1) is 15.8. The van der Waals surface area contributed by atoms with Gasteiger partial charge in [0.2, 0.25) is 11.8 Å². The highest BCUT2D eigenvalue weighted by atomic mass is 19.3. The summed E-state index contributed by atoms with van der Waals surface area (Å²) >= 11 is 0. The highest BCUT2D eigenvalue weighted by Gasteiger charge is 2.32. The molecule has 0 aliphatic heterocycles. The predicted molar refractivity (Wildman–Crippen MR) is 123 cm³/mol. The Morgan fingerprint density at radius 2 is 1.79 bits per heavy atom. The molecule has 0 spiro atoms. The largest absolute Gasteiger partial charge is 0.481 e. The number of pyridine rings is 1. The number of carbonyl (C=O) groups excluding carboxylic acids is 1. The summed E-state index contributed by atoms with van der Waals surface area (Å²) in [5, 5.41) is 2.73. The van der Waals surface area contributed by atoms with Gasteiger partial charge in [-0.1, -0.05) is 32.0 Å². The second-order valence-electron chi connectivity index (χ2n) is 8.26. The monoisotopic (exact) mass is 463 g/mol. The molecule has 7 nitrogen and oxygen atoms in total. The van der Waals surface area contributed by atoms with Crippen LogP contribution in [0.25, 0.3) is 0 Å². The molecular weight excluding hydrogens is 432 g/mol. The lowest BCUT2D eigenvalue weighted by Gasteiger charge is -2.38. The van der Waals surface area contributed by atoms with Crippen molar-refractivity contribution in [3.63, 3.8) is 0 Å². The van der Waals surface area contributed by atoms with E-state index in [9.17, 15) is 13.6 Å². The first-order valence-electron chi connectivity index (χ1n) is 11.1. The molecule has 0 atom stereocenters. The number of aromatic nitrogens is 1. The van der Waals surface area contributed by atoms with Gasteiger partial charge in [-0.05, 0) is 49.3 Å². The average Bonchev–Trinajstić information content (AvgIpc) is 2.80. The third kappa shape index (κ3) is 6.10. The minimum Gasteiger partial charge on any atom is -0.481 e. The van der Waals surface area contributed by atoms with E-state index in [1.807, 2.05) is 24.3 Å². The van der Waals surface area contributed by atoms with Crippen molar-refractivity contribution < 1.29 is 27.8 Å². The van der Waals surface area contributed by atoms with Crippen LogP contribution >= 0.6 is 0 Å². The van der Waals surface area contributed by atoms with Crippen molar-refractivity contribution in [3.05, 3.63) is 42.0 Å². The van der Waals surface area contributed by atoms with Gasteiger partial charge in [-0.25, -0.2) is 4.79 Å². The smallest absolute Gasteiger partial charge is 0.388 e. The summed E-state index contributed by atoms with van der Waals surface area (Å²) in [5.41, 5.74) is 1.86. The van der Waals surface area contributed by atoms with E-state index in [1.54, 1.807) is 12.0 Å². The molecule has 180 valence electrons. The number of anilines is 2. The van der Waals surface area contributed by atoms with Crippen LogP contribution in [0.5, 0.6) is 11.8 Å². The molecule has 0 saturated heterocycles. The van der Waals surface area contributed by atoms with Crippen molar-refractivity contribution in [1.29, 1.82) is 0 Å². The first-order valence-corrected chi connectivity index (χ1v) is 11.1. The molecule has 2 aromatic rings. The molecule has 1 saturated carbocycles. The molecule has 9 heteroatoms. The number of ether oxygens (including phenoxy) is 3. The quantitative estimate of drug-likeness (QED) is 0.535. The molecule has 1 N–H and O–H groups in total. The lowest BCUT2D eigenvalue weighted by Crippen LogP contribution is -2.46. The molecule has 1 aromatic heterocycles. The minimum absolute atomic E-state index is 0.0405. The molecule has 1 aliphatic rings. The van der Waals surface area contributed by atoms with E-state index in [2.05, 4.69) is 28.9 Å². The summed E-state index contributed by atoms with van der Waals surface area (Å²) < 4.78 is 41.0. The Balaban J connectivity index is 1.96. The van der Waals surface area contributed by atoms with Gasteiger partial charge in [0.25, 0.3) is 0 Å². The number of hydrogen-bond donors (Lipinski definition) is 1. The number of para-hydroxylation sites is 1. The van der Waals surface area contributed by atoms with Crippen LogP contribution in [-0.2, 0) is 4.74 Å². The van der Waals surface area contributed by atoms with Crippen LogP contribution in [0.1, 0.15) is 51.0 Å². The van der Waals surface area contributed by atoms with Gasteiger partial charge in [-0.2, -0.15) is 13.8 Å². The molecule has 1 heterocycles. The molecule has 1 aliphatic carbocycles. The second kappa shape index (κ2) is 11.3. The zero-order valence-corrected chi connectivity index (χ0v) is 19.4. The van der Waals surface area contributed by atoms with Gasteiger partial charge < -0.3 is 19.5 Å². The molecule has 3 rings (SSSR count). The summed E-state index contributed by atoms with van der Waals surface area (Å²) in [7, 11) is 3.07. The minimum atomic E-state index is -3.10. The number of methoxy groups -OCH3 is 2. The third-order valence-electron chi connectivity index (χ3n) is 5.87. The fraction of sp³-hybridized carbons (Fsp3) is 0.500. The summed E-state index contributed by atoms with van der Waals surface area (Å²) in [6.07, 6.45) is 3.36. The molecule has 0 unspecified atom stereocenters. The Kier molecular flexibility index (Phi) is 8.43. The summed E-state index contributed by atoms with van der Waals surface area (Å²) in [4.78, 5) is 19.3. The van der Waals surface area contributed by atoms with E-state index in [4.69, 9.17) is 9.47 Å². The average molecular weight is 464 g/mol. The number of carbonyl (C=O) groups is 1. The Hall–Kier alpha value is -2.94. The highest BCUT2D eigenvalue weighted by Crippen LogP contribution is 2.35. The maximum atomic E-state index is 13.6. The number of hydrogen-bond acceptors (Lipinski definition) is 5. The molecule has 33 heavy (non-hydrogen) atoms. The Labute approximate surface area is 193 Å². The zero-order valence-electron chi connectivity index (χ0n) is 19.4. The van der Waals surface area contributed by atoms with E-state index < -0.39 is 18.5 Å². The maximum absolute atomic E-state index is 13.6. The fourth-order valence-electron chi connectivity index (χ4n) is 4.19. The van der Waals surface area contributed by atoms with Gasteiger partial charge in [-0.3, -0.25) is 4.90 Å². The molecule has 1 aromatic carbocycles. The number of urea groups is 1. The summed E-state index contributed by atoms with van der Waals surface area (Å²) in [6.45, 7) is 1.04. The second-order valence-corrected chi connectivity index (χ2v) is 8.26. The van der Waals surface area contributed by atoms with Crippen molar-refractivity contribution in [2.75, 3.05) is 24.4 Å². The normalized spacial score (nSPS) is 18.3. The van der Waals surface area contributed by atoms with E-state index >= 15 is 0 Å². The lowest BCUT2D eigenvalue weighted by molar-refractivity contribution is -0.0525. The van der Waals surface area contributed by atoms with E-state index in [-0.39, 0.29) is 29.6 Å². The predicted octanol–water partition coefficient (Wildman–Crippen LogP) is 5.81. The van der Waals surface area contributed by atoms with Crippen LogP contribution in [0.2, 0.25) is 0 Å². The number of alkyl halides is 2. The van der Waals surface area contributed by atoms with E-state index in [0.29, 0.717) is 0 Å². The van der Waals surface area contributed by atoms with Crippen LogP contribution in [0, 0.1) is 0 Å². The molecular formula is C24H31F2N3O4.